The summed E-state index contributed by atoms with van der Waals surface area (Å²) in [6.07, 6.45) is 3.63. The molecular weight excluding hydrogens is 550 g/mol. The van der Waals surface area contributed by atoms with Gasteiger partial charge >= 0.3 is 6.09 Å². The van der Waals surface area contributed by atoms with Gasteiger partial charge in [-0.2, -0.15) is 0 Å². The number of amides is 2. The van der Waals surface area contributed by atoms with Crippen molar-refractivity contribution in [3.05, 3.63) is 96.4 Å². The lowest BCUT2D eigenvalue weighted by Crippen LogP contribution is -2.50. The van der Waals surface area contributed by atoms with E-state index < -0.39 is 6.09 Å². The number of piperidine rings is 1. The van der Waals surface area contributed by atoms with Gasteiger partial charge in [-0.1, -0.05) is 60.7 Å². The first-order chi connectivity index (χ1) is 21.4. The molecule has 8 heteroatoms. The highest BCUT2D eigenvalue weighted by Gasteiger charge is 2.28. The van der Waals surface area contributed by atoms with Crippen molar-refractivity contribution in [3.8, 4) is 11.1 Å². The standard InChI is InChI=1S/C36H46N5O3/c1-29(2)39-24-22-38(23-25-39)28-30-16-18-32(19-17-30)35(42)37(3)26-27-44-36(43)41(40-20-10-5-11-21-40)34-15-9-8-14-33(34)31-12-6-4-7-13-31/h4-9,12-19,29H,10-11,20-28H2,1-3H3. The Labute approximate surface area is 262 Å². The summed E-state index contributed by atoms with van der Waals surface area (Å²) in [4.78, 5) is 33.4. The van der Waals surface area contributed by atoms with Crippen LogP contribution in [-0.2, 0) is 11.3 Å². The monoisotopic (exact) mass is 596 g/mol. The van der Waals surface area contributed by atoms with Crippen LogP contribution in [0.1, 0.15) is 42.6 Å². The van der Waals surface area contributed by atoms with Gasteiger partial charge in [0, 0.05) is 70.0 Å². The molecule has 3 aromatic carbocycles. The van der Waals surface area contributed by atoms with Gasteiger partial charge in [0.05, 0.1) is 12.2 Å². The molecule has 3 aromatic rings. The number of nitrogens with zero attached hydrogens (tertiary/aromatic N) is 5. The zero-order chi connectivity index (χ0) is 30.9. The van der Waals surface area contributed by atoms with Gasteiger partial charge in [-0.25, -0.2) is 14.8 Å². The lowest BCUT2D eigenvalue weighted by molar-refractivity contribution is 0.0735. The van der Waals surface area contributed by atoms with Crippen molar-refractivity contribution in [1.82, 2.24) is 19.7 Å². The number of piperazine rings is 1. The molecule has 2 heterocycles. The molecule has 0 unspecified atom stereocenters. The average molecular weight is 597 g/mol. The van der Waals surface area contributed by atoms with Crippen LogP contribution in [0.25, 0.3) is 11.1 Å². The molecule has 2 amide bonds. The van der Waals surface area contributed by atoms with E-state index in [1.807, 2.05) is 78.9 Å². The van der Waals surface area contributed by atoms with Crippen LogP contribution in [-0.4, -0.2) is 97.2 Å². The molecule has 2 saturated heterocycles. The first kappa shape index (κ1) is 31.7. The molecule has 0 atom stereocenters. The summed E-state index contributed by atoms with van der Waals surface area (Å²) in [7, 11) is 1.75. The smallest absolute Gasteiger partial charge is 0.429 e. The molecule has 0 aromatic heterocycles. The van der Waals surface area contributed by atoms with Crippen molar-refractivity contribution in [2.75, 3.05) is 64.5 Å². The second kappa shape index (κ2) is 15.3. The second-order valence-electron chi connectivity index (χ2n) is 12.0. The average Bonchev–Trinajstić information content (AvgIpc) is 3.06. The summed E-state index contributed by atoms with van der Waals surface area (Å²) in [5.74, 6) is -0.0870. The van der Waals surface area contributed by atoms with E-state index in [0.29, 0.717) is 18.2 Å². The molecule has 0 bridgehead atoms. The van der Waals surface area contributed by atoms with E-state index in [4.69, 9.17) is 4.74 Å². The van der Waals surface area contributed by atoms with Crippen molar-refractivity contribution in [1.29, 1.82) is 0 Å². The minimum absolute atomic E-state index is 0.0870. The van der Waals surface area contributed by atoms with Crippen LogP contribution in [0, 0.1) is 6.42 Å². The van der Waals surface area contributed by atoms with Crippen molar-refractivity contribution < 1.29 is 14.3 Å². The molecule has 233 valence electrons. The molecule has 0 aliphatic carbocycles. The Morgan fingerprint density at radius 1 is 0.818 bits per heavy atom. The molecule has 2 fully saturated rings. The number of carbonyl (C=O) groups is 2. The number of rotatable bonds is 10. The summed E-state index contributed by atoms with van der Waals surface area (Å²) in [6.45, 7) is 11.6. The lowest BCUT2D eigenvalue weighted by atomic mass is 10.0. The number of benzene rings is 3. The van der Waals surface area contributed by atoms with Crippen molar-refractivity contribution in [3.63, 3.8) is 0 Å². The van der Waals surface area contributed by atoms with E-state index in [2.05, 4.69) is 35.1 Å². The Hall–Kier alpha value is -3.72. The fraction of sp³-hybridized carbons (Fsp3) is 0.417. The van der Waals surface area contributed by atoms with Crippen molar-refractivity contribution in [2.45, 2.75) is 39.3 Å². The molecule has 5 rings (SSSR count). The van der Waals surface area contributed by atoms with Gasteiger partial charge in [-0.3, -0.25) is 14.6 Å². The van der Waals surface area contributed by atoms with Crippen LogP contribution in [0.15, 0.2) is 78.9 Å². The third-order valence-corrected chi connectivity index (χ3v) is 8.60. The van der Waals surface area contributed by atoms with Gasteiger partial charge in [0.15, 0.2) is 0 Å². The van der Waals surface area contributed by atoms with Crippen LogP contribution < -0.4 is 5.01 Å². The summed E-state index contributed by atoms with van der Waals surface area (Å²) in [5.41, 5.74) is 4.64. The third-order valence-electron chi connectivity index (χ3n) is 8.60. The third kappa shape index (κ3) is 8.05. The molecule has 2 aliphatic heterocycles. The number of hydrogen-bond donors (Lipinski definition) is 0. The quantitative estimate of drug-likeness (QED) is 0.295. The Balaban J connectivity index is 1.17. The van der Waals surface area contributed by atoms with Gasteiger partial charge in [-0.05, 0) is 62.4 Å². The number of likely N-dealkylation sites (N-methyl/N-ethyl adjacent to an activating group) is 1. The minimum Gasteiger partial charge on any atom is -0.446 e. The van der Waals surface area contributed by atoms with E-state index in [-0.39, 0.29) is 12.5 Å². The summed E-state index contributed by atoms with van der Waals surface area (Å²) in [5, 5.41) is 3.74. The highest BCUT2D eigenvalue weighted by molar-refractivity contribution is 5.94. The highest BCUT2D eigenvalue weighted by atomic mass is 16.6. The van der Waals surface area contributed by atoms with Crippen LogP contribution in [0.3, 0.4) is 0 Å². The Kier molecular flexibility index (Phi) is 11.0. The van der Waals surface area contributed by atoms with E-state index in [1.54, 1.807) is 17.0 Å². The maximum Gasteiger partial charge on any atom is 0.429 e. The van der Waals surface area contributed by atoms with Gasteiger partial charge in [0.1, 0.15) is 6.61 Å². The summed E-state index contributed by atoms with van der Waals surface area (Å²) >= 11 is 0. The SMILES string of the molecule is CC(C)N1CCN(Cc2ccc(C(=O)N(C)CCOC(=O)N(c3ccccc3-c3ccccc3)N3CC[CH]CC3)cc2)CC1. The van der Waals surface area contributed by atoms with Crippen molar-refractivity contribution in [2.24, 2.45) is 0 Å². The molecule has 2 aliphatic rings. The largest absolute Gasteiger partial charge is 0.446 e. The van der Waals surface area contributed by atoms with Gasteiger partial charge in [-0.15, -0.1) is 0 Å². The first-order valence-corrected chi connectivity index (χ1v) is 15.9. The van der Waals surface area contributed by atoms with E-state index >= 15 is 0 Å². The number of hydrazine groups is 1. The van der Waals surface area contributed by atoms with E-state index in [0.717, 1.165) is 75.5 Å². The molecule has 1 radical (unpaired) electrons. The normalized spacial score (nSPS) is 16.5. The highest BCUT2D eigenvalue weighted by Crippen LogP contribution is 2.33. The topological polar surface area (TPSA) is 59.6 Å². The molecule has 8 nitrogen and oxygen atoms in total. The Morgan fingerprint density at radius 2 is 1.48 bits per heavy atom. The van der Waals surface area contributed by atoms with Crippen molar-refractivity contribution >= 4 is 17.7 Å². The molecule has 0 spiro atoms. The lowest BCUT2D eigenvalue weighted by Gasteiger charge is -2.37. The van der Waals surface area contributed by atoms with Crippen LogP contribution in [0.2, 0.25) is 0 Å². The molecule has 0 N–H and O–H groups in total. The first-order valence-electron chi connectivity index (χ1n) is 15.9. The van der Waals surface area contributed by atoms with Crippen LogP contribution in [0.5, 0.6) is 0 Å². The zero-order valence-electron chi connectivity index (χ0n) is 26.4. The number of carbonyl (C=O) groups excluding carboxylic acids is 2. The van der Waals surface area contributed by atoms with E-state index in [9.17, 15) is 9.59 Å². The number of para-hydroxylation sites is 1. The number of anilines is 1. The second-order valence-corrected chi connectivity index (χ2v) is 12.0. The van der Waals surface area contributed by atoms with Crippen LogP contribution >= 0.6 is 0 Å². The zero-order valence-corrected chi connectivity index (χ0v) is 26.4. The minimum atomic E-state index is -0.435. The maximum absolute atomic E-state index is 13.6. The Morgan fingerprint density at radius 3 is 2.16 bits per heavy atom. The number of ether oxygens (including phenoxy) is 1. The molecular formula is C36H46N5O3. The molecule has 44 heavy (non-hydrogen) atoms. The van der Waals surface area contributed by atoms with Crippen LogP contribution in [0.4, 0.5) is 10.5 Å². The Bertz CT molecular complexity index is 1350. The van der Waals surface area contributed by atoms with Gasteiger partial charge in [0.2, 0.25) is 0 Å². The van der Waals surface area contributed by atoms with Gasteiger partial charge < -0.3 is 9.64 Å². The molecule has 0 saturated carbocycles. The predicted molar refractivity (Wildman–Crippen MR) is 176 cm³/mol. The maximum atomic E-state index is 13.6. The van der Waals surface area contributed by atoms with Gasteiger partial charge in [0.25, 0.3) is 5.91 Å². The fourth-order valence-corrected chi connectivity index (χ4v) is 5.92. The predicted octanol–water partition coefficient (Wildman–Crippen LogP) is 5.81. The summed E-state index contributed by atoms with van der Waals surface area (Å²) in [6, 6.07) is 26.5. The van der Waals surface area contributed by atoms with E-state index in [1.165, 1.54) is 5.56 Å². The number of hydrogen-bond acceptors (Lipinski definition) is 6. The fourth-order valence-electron chi connectivity index (χ4n) is 5.92. The summed E-state index contributed by atoms with van der Waals surface area (Å²) < 4.78 is 5.82.